The van der Waals surface area contributed by atoms with Crippen LogP contribution in [-0.2, 0) is 16.0 Å². The molecule has 1 unspecified atom stereocenters. The van der Waals surface area contributed by atoms with Crippen LogP contribution in [0.2, 0.25) is 5.02 Å². The first-order valence-electron chi connectivity index (χ1n) is 10.3. The van der Waals surface area contributed by atoms with Gasteiger partial charge in [-0.15, -0.1) is 0 Å². The predicted octanol–water partition coefficient (Wildman–Crippen LogP) is 5.19. The quantitative estimate of drug-likeness (QED) is 0.338. The molecule has 2 aliphatic heterocycles. The normalized spacial score (nSPS) is 19.7. The number of carbonyl (C=O) groups is 2. The van der Waals surface area contributed by atoms with Crippen molar-refractivity contribution in [2.24, 2.45) is 0 Å². The molecule has 0 spiro atoms. The first kappa shape index (κ1) is 20.4. The molecule has 32 heavy (non-hydrogen) atoms. The summed E-state index contributed by atoms with van der Waals surface area (Å²) < 4.78 is 11.2. The molecule has 2 aliphatic rings. The Morgan fingerprint density at radius 3 is 2.78 bits per heavy atom. The Hall–Kier alpha value is -3.51. The first-order chi connectivity index (χ1) is 15.5. The maximum atomic E-state index is 13.2. The predicted molar refractivity (Wildman–Crippen MR) is 120 cm³/mol. The van der Waals surface area contributed by atoms with Gasteiger partial charge in [-0.3, -0.25) is 14.5 Å². The Labute approximate surface area is 189 Å². The molecule has 162 valence electrons. The van der Waals surface area contributed by atoms with Crippen molar-refractivity contribution < 1.29 is 23.8 Å². The highest BCUT2D eigenvalue weighted by molar-refractivity contribution is 6.51. The number of hydrogen-bond donors (Lipinski definition) is 1. The summed E-state index contributed by atoms with van der Waals surface area (Å²) in [4.78, 5) is 27.7. The number of carbonyl (C=O) groups excluding carboxylic acids is 2. The zero-order valence-electron chi connectivity index (χ0n) is 17.3. The van der Waals surface area contributed by atoms with Gasteiger partial charge in [0.15, 0.2) is 0 Å². The van der Waals surface area contributed by atoms with Crippen LogP contribution in [0.15, 0.2) is 64.8 Å². The molecular weight excluding hydrogens is 430 g/mol. The summed E-state index contributed by atoms with van der Waals surface area (Å²) in [5, 5.41) is 11.7. The van der Waals surface area contributed by atoms with E-state index in [1.165, 1.54) is 11.2 Å². The fourth-order valence-corrected chi connectivity index (χ4v) is 4.47. The molecule has 1 amide bonds. The van der Waals surface area contributed by atoms with Gasteiger partial charge < -0.3 is 14.3 Å². The lowest BCUT2D eigenvalue weighted by atomic mass is 9.96. The minimum Gasteiger partial charge on any atom is -0.507 e. The number of benzene rings is 2. The monoisotopic (exact) mass is 449 g/mol. The van der Waals surface area contributed by atoms with Crippen molar-refractivity contribution in [3.8, 4) is 5.75 Å². The molecule has 1 atom stereocenters. The molecule has 1 N–H and O–H groups in total. The van der Waals surface area contributed by atoms with Gasteiger partial charge in [-0.2, -0.15) is 0 Å². The lowest BCUT2D eigenvalue weighted by molar-refractivity contribution is -0.132. The van der Waals surface area contributed by atoms with Gasteiger partial charge in [0.2, 0.25) is 0 Å². The van der Waals surface area contributed by atoms with Crippen molar-refractivity contribution in [1.82, 2.24) is 0 Å². The molecule has 3 aromatic rings. The molecule has 0 saturated carbocycles. The average Bonchev–Trinajstić information content (AvgIpc) is 3.42. The number of rotatable bonds is 3. The summed E-state index contributed by atoms with van der Waals surface area (Å²) in [5.74, 6) is -0.644. The third-order valence-corrected chi connectivity index (χ3v) is 6.10. The van der Waals surface area contributed by atoms with Crippen LogP contribution in [0, 0.1) is 6.92 Å². The zero-order chi connectivity index (χ0) is 22.4. The molecule has 7 heteroatoms. The second-order valence-electron chi connectivity index (χ2n) is 7.89. The molecule has 1 aromatic heterocycles. The van der Waals surface area contributed by atoms with Crippen LogP contribution in [0.25, 0.3) is 5.76 Å². The van der Waals surface area contributed by atoms with Gasteiger partial charge in [0.1, 0.15) is 23.3 Å². The van der Waals surface area contributed by atoms with Gasteiger partial charge in [0, 0.05) is 16.3 Å². The third-order valence-electron chi connectivity index (χ3n) is 5.87. The smallest absolute Gasteiger partial charge is 0.300 e. The van der Waals surface area contributed by atoms with Crippen LogP contribution < -0.4 is 9.64 Å². The summed E-state index contributed by atoms with van der Waals surface area (Å²) in [7, 11) is 0. The van der Waals surface area contributed by atoms with E-state index in [4.69, 9.17) is 20.8 Å². The fourth-order valence-electron chi connectivity index (χ4n) is 4.30. The fraction of sp³-hybridized carbons (Fsp3) is 0.200. The number of aliphatic hydroxyl groups is 1. The van der Waals surface area contributed by atoms with Gasteiger partial charge >= 0.3 is 0 Å². The number of ether oxygens (including phenoxy) is 1. The molecule has 0 bridgehead atoms. The van der Waals surface area contributed by atoms with Crippen LogP contribution in [0.1, 0.15) is 34.9 Å². The van der Waals surface area contributed by atoms with E-state index >= 15 is 0 Å². The molecule has 0 aliphatic carbocycles. The van der Waals surface area contributed by atoms with E-state index in [1.54, 1.807) is 48.5 Å². The largest absolute Gasteiger partial charge is 0.507 e. The minimum absolute atomic E-state index is 0.0268. The van der Waals surface area contributed by atoms with Crippen molar-refractivity contribution in [2.45, 2.75) is 25.8 Å². The maximum absolute atomic E-state index is 13.2. The van der Waals surface area contributed by atoms with Crippen LogP contribution in [-0.4, -0.2) is 23.4 Å². The molecule has 1 fully saturated rings. The number of hydrogen-bond acceptors (Lipinski definition) is 5. The Morgan fingerprint density at radius 2 is 2.00 bits per heavy atom. The zero-order valence-corrected chi connectivity index (χ0v) is 18.1. The van der Waals surface area contributed by atoms with Crippen molar-refractivity contribution in [2.75, 3.05) is 11.5 Å². The van der Waals surface area contributed by atoms with Gasteiger partial charge in [0.25, 0.3) is 11.7 Å². The van der Waals surface area contributed by atoms with Gasteiger partial charge in [-0.25, -0.2) is 0 Å². The molecular formula is C25H20ClNO5. The first-order valence-corrected chi connectivity index (χ1v) is 10.7. The SMILES string of the molecule is Cc1ccc(Cl)cc1N1C(=O)C(=O)/C(=C(\O)c2ccc3c(c2)CCCO3)C1c1ccco1. The van der Waals surface area contributed by atoms with E-state index in [-0.39, 0.29) is 11.3 Å². The van der Waals surface area contributed by atoms with Gasteiger partial charge in [0.05, 0.1) is 18.4 Å². The molecule has 0 radical (unpaired) electrons. The summed E-state index contributed by atoms with van der Waals surface area (Å²) in [6.07, 6.45) is 3.16. The second-order valence-corrected chi connectivity index (χ2v) is 8.33. The number of aryl methyl sites for hydroxylation is 2. The highest BCUT2D eigenvalue weighted by Gasteiger charge is 2.48. The summed E-state index contributed by atoms with van der Waals surface area (Å²) in [5.41, 5.74) is 2.63. The van der Waals surface area contributed by atoms with E-state index in [2.05, 4.69) is 0 Å². The number of amides is 1. The van der Waals surface area contributed by atoms with E-state index in [9.17, 15) is 14.7 Å². The van der Waals surface area contributed by atoms with Crippen LogP contribution >= 0.6 is 11.6 Å². The summed E-state index contributed by atoms with van der Waals surface area (Å²) in [6.45, 7) is 2.48. The summed E-state index contributed by atoms with van der Waals surface area (Å²) in [6, 6.07) is 12.8. The number of anilines is 1. The van der Waals surface area contributed by atoms with E-state index in [0.29, 0.717) is 28.6 Å². The lowest BCUT2D eigenvalue weighted by Gasteiger charge is -2.25. The van der Waals surface area contributed by atoms with Gasteiger partial charge in [-0.1, -0.05) is 17.7 Å². The van der Waals surface area contributed by atoms with Crippen molar-refractivity contribution in [3.63, 3.8) is 0 Å². The highest BCUT2D eigenvalue weighted by atomic mass is 35.5. The maximum Gasteiger partial charge on any atom is 0.300 e. The molecule has 1 saturated heterocycles. The number of aliphatic hydroxyl groups excluding tert-OH is 1. The van der Waals surface area contributed by atoms with Crippen molar-refractivity contribution >= 4 is 34.7 Å². The van der Waals surface area contributed by atoms with Crippen molar-refractivity contribution in [1.29, 1.82) is 0 Å². The van der Waals surface area contributed by atoms with Crippen LogP contribution in [0.3, 0.4) is 0 Å². The lowest BCUT2D eigenvalue weighted by Crippen LogP contribution is -2.30. The van der Waals surface area contributed by atoms with Gasteiger partial charge in [-0.05, 0) is 73.4 Å². The Morgan fingerprint density at radius 1 is 1.16 bits per heavy atom. The summed E-state index contributed by atoms with van der Waals surface area (Å²) >= 11 is 6.19. The number of Topliss-reactive ketones (excluding diaryl/α,β-unsaturated/α-hetero) is 1. The third kappa shape index (κ3) is 3.28. The Bertz CT molecular complexity index is 1260. The highest BCUT2D eigenvalue weighted by Crippen LogP contribution is 2.44. The molecule has 2 aromatic carbocycles. The number of nitrogens with zero attached hydrogens (tertiary/aromatic N) is 1. The topological polar surface area (TPSA) is 80.0 Å². The average molecular weight is 450 g/mol. The number of halogens is 1. The standard InChI is InChI=1S/C25H20ClNO5/c1-14-6-8-17(26)13-18(14)27-22(20-5-3-11-32-20)21(24(29)25(27)30)23(28)16-7-9-19-15(12-16)4-2-10-31-19/h3,5-9,11-13,22,28H,2,4,10H2,1H3/b23-21-. The minimum atomic E-state index is -0.922. The number of fused-ring (bicyclic) bond motifs is 1. The molecule has 3 heterocycles. The Kier molecular flexibility index (Phi) is 5.02. The second kappa shape index (κ2) is 7.88. The number of furan rings is 1. The number of ketones is 1. The molecule has 6 nitrogen and oxygen atoms in total. The van der Waals surface area contributed by atoms with E-state index < -0.39 is 17.7 Å². The van der Waals surface area contributed by atoms with Crippen LogP contribution in [0.5, 0.6) is 5.75 Å². The van der Waals surface area contributed by atoms with E-state index in [1.807, 2.05) is 6.92 Å². The van der Waals surface area contributed by atoms with Crippen LogP contribution in [0.4, 0.5) is 5.69 Å². The molecule has 5 rings (SSSR count). The van der Waals surface area contributed by atoms with E-state index in [0.717, 1.165) is 29.7 Å². The van der Waals surface area contributed by atoms with Crippen molar-refractivity contribution in [3.05, 3.63) is 87.8 Å². The Balaban J connectivity index is 1.70.